The molecule has 0 radical (unpaired) electrons. The lowest BCUT2D eigenvalue weighted by Crippen LogP contribution is -2.56. The van der Waals surface area contributed by atoms with Gasteiger partial charge in [0.25, 0.3) is 0 Å². The fraction of sp³-hybridized carbons (Fsp3) is 0.833. The summed E-state index contributed by atoms with van der Waals surface area (Å²) in [6.07, 6.45) is 1.26. The normalized spacial score (nSPS) is 31.6. The first-order valence-corrected chi connectivity index (χ1v) is 6.26. The molecule has 7 nitrogen and oxygen atoms in total. The lowest BCUT2D eigenvalue weighted by molar-refractivity contribution is -0.214. The second kappa shape index (κ2) is 6.42. The third-order valence-electron chi connectivity index (χ3n) is 3.40. The maximum Gasteiger partial charge on any atom is 0.114 e. The maximum absolute atomic E-state index is 5.81. The monoisotopic (exact) mass is 271 g/mol. The van der Waals surface area contributed by atoms with Crippen LogP contribution in [0.4, 0.5) is 0 Å². The molecule has 7 heteroatoms. The van der Waals surface area contributed by atoms with E-state index in [4.69, 9.17) is 18.9 Å². The van der Waals surface area contributed by atoms with Crippen molar-refractivity contribution < 1.29 is 18.9 Å². The van der Waals surface area contributed by atoms with Gasteiger partial charge >= 0.3 is 0 Å². The van der Waals surface area contributed by atoms with Crippen LogP contribution in [0.25, 0.3) is 0 Å². The van der Waals surface area contributed by atoms with Gasteiger partial charge < -0.3 is 18.9 Å². The molecule has 4 atom stereocenters. The molecule has 0 aliphatic carbocycles. The Labute approximate surface area is 112 Å². The highest BCUT2D eigenvalue weighted by atomic mass is 16.6. The number of methoxy groups -OCH3 is 3. The summed E-state index contributed by atoms with van der Waals surface area (Å²) < 4.78 is 24.0. The highest BCUT2D eigenvalue weighted by molar-refractivity contribution is 4.92. The lowest BCUT2D eigenvalue weighted by Gasteiger charge is -2.40. The molecule has 0 saturated carbocycles. The average molecular weight is 271 g/mol. The SMILES string of the molecule is COC1COC(Cn2cc(C)nn2)C(OC)C1OC. The Morgan fingerprint density at radius 1 is 1.26 bits per heavy atom. The zero-order valence-electron chi connectivity index (χ0n) is 11.8. The Balaban J connectivity index is 2.07. The lowest BCUT2D eigenvalue weighted by atomic mass is 9.99. The van der Waals surface area contributed by atoms with Crippen molar-refractivity contribution in [3.63, 3.8) is 0 Å². The van der Waals surface area contributed by atoms with E-state index in [0.29, 0.717) is 13.2 Å². The van der Waals surface area contributed by atoms with Gasteiger partial charge in [0.15, 0.2) is 0 Å². The zero-order chi connectivity index (χ0) is 13.8. The Bertz CT molecular complexity index is 398. The molecule has 0 N–H and O–H groups in total. The first-order valence-electron chi connectivity index (χ1n) is 6.26. The Kier molecular flexibility index (Phi) is 4.87. The van der Waals surface area contributed by atoms with Crippen molar-refractivity contribution in [3.8, 4) is 0 Å². The molecule has 1 aliphatic rings. The minimum atomic E-state index is -0.201. The van der Waals surface area contributed by atoms with Gasteiger partial charge in [0.2, 0.25) is 0 Å². The first-order chi connectivity index (χ1) is 9.19. The second-order valence-electron chi connectivity index (χ2n) is 4.63. The van der Waals surface area contributed by atoms with E-state index in [-0.39, 0.29) is 24.4 Å². The van der Waals surface area contributed by atoms with Crippen molar-refractivity contribution in [3.05, 3.63) is 11.9 Å². The topological polar surface area (TPSA) is 67.6 Å². The molecule has 1 saturated heterocycles. The Hall–Kier alpha value is -1.02. The summed E-state index contributed by atoms with van der Waals surface area (Å²) in [5, 5.41) is 7.99. The van der Waals surface area contributed by atoms with Crippen LogP contribution in [0, 0.1) is 6.92 Å². The van der Waals surface area contributed by atoms with E-state index in [1.807, 2.05) is 13.1 Å². The maximum atomic E-state index is 5.81. The molecule has 1 fully saturated rings. The zero-order valence-corrected chi connectivity index (χ0v) is 11.8. The molecule has 0 aromatic carbocycles. The van der Waals surface area contributed by atoms with Crippen LogP contribution >= 0.6 is 0 Å². The van der Waals surface area contributed by atoms with Crippen molar-refractivity contribution in [2.24, 2.45) is 0 Å². The number of rotatable bonds is 5. The first kappa shape index (κ1) is 14.4. The van der Waals surface area contributed by atoms with Crippen LogP contribution in [0.5, 0.6) is 0 Å². The standard InChI is InChI=1S/C12H21N3O4/c1-8-5-15(14-13-8)6-9-11(17-3)12(18-4)10(16-2)7-19-9/h5,9-12H,6-7H2,1-4H3. The molecular weight excluding hydrogens is 250 g/mol. The third kappa shape index (κ3) is 3.11. The average Bonchev–Trinajstić information content (AvgIpc) is 2.83. The highest BCUT2D eigenvalue weighted by Gasteiger charge is 2.41. The highest BCUT2D eigenvalue weighted by Crippen LogP contribution is 2.23. The summed E-state index contributed by atoms with van der Waals surface area (Å²) in [4.78, 5) is 0. The number of ether oxygens (including phenoxy) is 4. The van der Waals surface area contributed by atoms with Gasteiger partial charge in [0.1, 0.15) is 24.4 Å². The second-order valence-corrected chi connectivity index (χ2v) is 4.63. The molecule has 0 bridgehead atoms. The molecule has 2 rings (SSSR count). The van der Waals surface area contributed by atoms with E-state index in [1.165, 1.54) is 0 Å². The predicted molar refractivity (Wildman–Crippen MR) is 66.9 cm³/mol. The molecule has 1 aliphatic heterocycles. The van der Waals surface area contributed by atoms with Crippen LogP contribution < -0.4 is 0 Å². The quantitative estimate of drug-likeness (QED) is 0.752. The summed E-state index contributed by atoms with van der Waals surface area (Å²) in [5.74, 6) is 0. The number of aromatic nitrogens is 3. The van der Waals surface area contributed by atoms with Crippen LogP contribution in [0.1, 0.15) is 5.69 Å². The third-order valence-corrected chi connectivity index (χ3v) is 3.40. The Morgan fingerprint density at radius 3 is 2.53 bits per heavy atom. The van der Waals surface area contributed by atoms with Crippen LogP contribution in [0.15, 0.2) is 6.20 Å². The molecule has 4 unspecified atom stereocenters. The summed E-state index contributed by atoms with van der Waals surface area (Å²) in [5.41, 5.74) is 0.878. The van der Waals surface area contributed by atoms with Crippen molar-refractivity contribution in [2.45, 2.75) is 37.9 Å². The smallest absolute Gasteiger partial charge is 0.114 e. The van der Waals surface area contributed by atoms with E-state index >= 15 is 0 Å². The minimum Gasteiger partial charge on any atom is -0.376 e. The van der Waals surface area contributed by atoms with Crippen LogP contribution in [0.3, 0.4) is 0 Å². The van der Waals surface area contributed by atoms with Crippen molar-refractivity contribution >= 4 is 0 Å². The van der Waals surface area contributed by atoms with E-state index < -0.39 is 0 Å². The van der Waals surface area contributed by atoms with E-state index in [0.717, 1.165) is 5.69 Å². The molecule has 0 spiro atoms. The van der Waals surface area contributed by atoms with Crippen molar-refractivity contribution in [1.82, 2.24) is 15.0 Å². The largest absolute Gasteiger partial charge is 0.376 e. The van der Waals surface area contributed by atoms with Crippen LogP contribution in [0.2, 0.25) is 0 Å². The van der Waals surface area contributed by atoms with Gasteiger partial charge in [-0.05, 0) is 6.92 Å². The van der Waals surface area contributed by atoms with E-state index in [2.05, 4.69) is 10.3 Å². The van der Waals surface area contributed by atoms with Gasteiger partial charge in [-0.2, -0.15) is 0 Å². The molecule has 19 heavy (non-hydrogen) atoms. The molecule has 1 aromatic heterocycles. The van der Waals surface area contributed by atoms with Gasteiger partial charge in [-0.3, -0.25) is 0 Å². The number of aryl methyl sites for hydroxylation is 1. The van der Waals surface area contributed by atoms with E-state index in [1.54, 1.807) is 26.0 Å². The summed E-state index contributed by atoms with van der Waals surface area (Å²) in [6, 6.07) is 0. The molecule has 1 aromatic rings. The van der Waals surface area contributed by atoms with Crippen molar-refractivity contribution in [2.75, 3.05) is 27.9 Å². The minimum absolute atomic E-state index is 0.122. The van der Waals surface area contributed by atoms with Gasteiger partial charge in [0.05, 0.1) is 18.8 Å². The molecule has 2 heterocycles. The van der Waals surface area contributed by atoms with Gasteiger partial charge in [-0.25, -0.2) is 4.68 Å². The van der Waals surface area contributed by atoms with Crippen LogP contribution in [-0.2, 0) is 25.5 Å². The number of hydrogen-bond donors (Lipinski definition) is 0. The number of hydrogen-bond acceptors (Lipinski definition) is 6. The summed E-state index contributed by atoms with van der Waals surface area (Å²) in [7, 11) is 4.95. The van der Waals surface area contributed by atoms with E-state index in [9.17, 15) is 0 Å². The summed E-state index contributed by atoms with van der Waals surface area (Å²) >= 11 is 0. The van der Waals surface area contributed by atoms with Crippen molar-refractivity contribution in [1.29, 1.82) is 0 Å². The predicted octanol–water partition coefficient (Wildman–Crippen LogP) is 0.0303. The molecule has 0 amide bonds. The fourth-order valence-electron chi connectivity index (χ4n) is 2.43. The van der Waals surface area contributed by atoms with Gasteiger partial charge in [-0.1, -0.05) is 5.21 Å². The fourth-order valence-corrected chi connectivity index (χ4v) is 2.43. The van der Waals surface area contributed by atoms with Gasteiger partial charge in [0, 0.05) is 27.5 Å². The number of nitrogens with zero attached hydrogens (tertiary/aromatic N) is 3. The Morgan fingerprint density at radius 2 is 2.00 bits per heavy atom. The summed E-state index contributed by atoms with van der Waals surface area (Å²) in [6.45, 7) is 2.96. The molecular formula is C12H21N3O4. The van der Waals surface area contributed by atoms with Crippen LogP contribution in [-0.4, -0.2) is 67.3 Å². The molecule has 108 valence electrons. The van der Waals surface area contributed by atoms with Gasteiger partial charge in [-0.15, -0.1) is 5.10 Å².